The molecule has 2 fully saturated rings. The number of hydrogen-bond acceptors (Lipinski definition) is 1. The third-order valence-corrected chi connectivity index (χ3v) is 4.71. The van der Waals surface area contributed by atoms with Crippen LogP contribution in [0.4, 0.5) is 0 Å². The van der Waals surface area contributed by atoms with Crippen LogP contribution in [-0.4, -0.2) is 11.7 Å². The lowest BCUT2D eigenvalue weighted by molar-refractivity contribution is -0.162. The van der Waals surface area contributed by atoms with E-state index in [1.807, 2.05) is 0 Å². The highest BCUT2D eigenvalue weighted by Crippen LogP contribution is 2.55. The van der Waals surface area contributed by atoms with Crippen molar-refractivity contribution < 1.29 is 4.74 Å². The molecule has 0 aromatic heterocycles. The molecule has 3 atom stereocenters. The predicted molar refractivity (Wildman–Crippen MR) is 59.3 cm³/mol. The van der Waals surface area contributed by atoms with Crippen LogP contribution in [0.15, 0.2) is 0 Å². The maximum absolute atomic E-state index is 6.32. The summed E-state index contributed by atoms with van der Waals surface area (Å²) in [6.07, 6.45) is 7.10. The number of rotatable bonds is 0. The van der Waals surface area contributed by atoms with Crippen LogP contribution in [0, 0.1) is 11.3 Å². The van der Waals surface area contributed by atoms with E-state index in [2.05, 4.69) is 27.7 Å². The molecule has 1 aliphatic carbocycles. The molecule has 0 radical (unpaired) electrons. The number of hydrogen-bond donors (Lipinski definition) is 0. The molecule has 1 spiro atoms. The zero-order chi connectivity index (χ0) is 10.4. The Bertz CT molecular complexity index is 221. The van der Waals surface area contributed by atoms with Crippen LogP contribution in [0.1, 0.15) is 59.8 Å². The first-order valence-electron chi connectivity index (χ1n) is 6.16. The van der Waals surface area contributed by atoms with Gasteiger partial charge < -0.3 is 4.74 Å². The van der Waals surface area contributed by atoms with Crippen molar-refractivity contribution in [2.75, 3.05) is 0 Å². The summed E-state index contributed by atoms with van der Waals surface area (Å²) in [5.74, 6) is 0.746. The summed E-state index contributed by atoms with van der Waals surface area (Å²) in [6, 6.07) is 0. The third-order valence-electron chi connectivity index (χ3n) is 4.71. The van der Waals surface area contributed by atoms with Gasteiger partial charge in [-0.05, 0) is 43.9 Å². The van der Waals surface area contributed by atoms with E-state index >= 15 is 0 Å². The molecule has 0 aromatic rings. The standard InChI is InChI=1S/C13H24O/c1-10-6-5-8-12(3,4)13(10)9-7-11(2)14-13/h10-11H,5-9H2,1-4H3. The second-order valence-electron chi connectivity index (χ2n) is 6.03. The summed E-state index contributed by atoms with van der Waals surface area (Å²) in [6.45, 7) is 9.42. The molecular formula is C13H24O. The zero-order valence-electron chi connectivity index (χ0n) is 10.1. The van der Waals surface area contributed by atoms with Crippen molar-refractivity contribution in [1.82, 2.24) is 0 Å². The molecule has 0 aromatic carbocycles. The lowest BCUT2D eigenvalue weighted by atomic mass is 9.60. The van der Waals surface area contributed by atoms with Crippen molar-refractivity contribution in [1.29, 1.82) is 0 Å². The Labute approximate surface area is 88.2 Å². The van der Waals surface area contributed by atoms with Crippen LogP contribution in [0.25, 0.3) is 0 Å². The third kappa shape index (κ3) is 1.32. The number of ether oxygens (including phenoxy) is 1. The molecule has 1 heterocycles. The van der Waals surface area contributed by atoms with Gasteiger partial charge in [-0.15, -0.1) is 0 Å². The van der Waals surface area contributed by atoms with Gasteiger partial charge in [0.05, 0.1) is 11.7 Å². The van der Waals surface area contributed by atoms with Gasteiger partial charge in [-0.25, -0.2) is 0 Å². The summed E-state index contributed by atoms with van der Waals surface area (Å²) in [7, 11) is 0. The van der Waals surface area contributed by atoms with E-state index in [1.165, 1.54) is 32.1 Å². The molecule has 1 saturated carbocycles. The molecule has 3 unspecified atom stereocenters. The molecule has 2 rings (SSSR count). The van der Waals surface area contributed by atoms with Crippen molar-refractivity contribution in [3.63, 3.8) is 0 Å². The second-order valence-corrected chi connectivity index (χ2v) is 6.03. The maximum atomic E-state index is 6.32. The van der Waals surface area contributed by atoms with Crippen molar-refractivity contribution in [3.05, 3.63) is 0 Å². The SMILES string of the molecule is CC1CCC2(O1)C(C)CCCC2(C)C. The minimum absolute atomic E-state index is 0.199. The summed E-state index contributed by atoms with van der Waals surface area (Å²) in [4.78, 5) is 0. The minimum atomic E-state index is 0.199. The Morgan fingerprint density at radius 3 is 2.29 bits per heavy atom. The van der Waals surface area contributed by atoms with Gasteiger partial charge in [0.25, 0.3) is 0 Å². The molecule has 1 heteroatoms. The van der Waals surface area contributed by atoms with E-state index in [0.717, 1.165) is 5.92 Å². The van der Waals surface area contributed by atoms with E-state index in [-0.39, 0.29) is 5.60 Å². The Morgan fingerprint density at radius 1 is 1.07 bits per heavy atom. The van der Waals surface area contributed by atoms with Gasteiger partial charge in [0.2, 0.25) is 0 Å². The summed E-state index contributed by atoms with van der Waals surface area (Å²) >= 11 is 0. The Morgan fingerprint density at radius 2 is 1.79 bits per heavy atom. The van der Waals surface area contributed by atoms with Crippen molar-refractivity contribution in [3.8, 4) is 0 Å². The van der Waals surface area contributed by atoms with Gasteiger partial charge in [-0.2, -0.15) is 0 Å². The fourth-order valence-electron chi connectivity index (χ4n) is 3.72. The molecule has 14 heavy (non-hydrogen) atoms. The lowest BCUT2D eigenvalue weighted by Gasteiger charge is -2.51. The summed E-state index contributed by atoms with van der Waals surface area (Å²) < 4.78 is 6.32. The first kappa shape index (κ1) is 10.5. The predicted octanol–water partition coefficient (Wildman–Crippen LogP) is 3.77. The van der Waals surface area contributed by atoms with Gasteiger partial charge in [-0.3, -0.25) is 0 Å². The van der Waals surface area contributed by atoms with Crippen LogP contribution in [0.3, 0.4) is 0 Å². The Balaban J connectivity index is 2.27. The van der Waals surface area contributed by atoms with E-state index < -0.39 is 0 Å². The zero-order valence-corrected chi connectivity index (χ0v) is 10.1. The van der Waals surface area contributed by atoms with E-state index in [1.54, 1.807) is 0 Å². The van der Waals surface area contributed by atoms with Crippen molar-refractivity contribution in [2.24, 2.45) is 11.3 Å². The summed E-state index contributed by atoms with van der Waals surface area (Å²) in [5, 5.41) is 0. The van der Waals surface area contributed by atoms with Crippen LogP contribution in [0.2, 0.25) is 0 Å². The van der Waals surface area contributed by atoms with E-state index in [9.17, 15) is 0 Å². The highest BCUT2D eigenvalue weighted by molar-refractivity contribution is 5.04. The van der Waals surface area contributed by atoms with Crippen LogP contribution < -0.4 is 0 Å². The maximum Gasteiger partial charge on any atom is 0.0763 e. The molecule has 0 N–H and O–H groups in total. The highest BCUT2D eigenvalue weighted by Gasteiger charge is 2.54. The molecule has 2 aliphatic rings. The Hall–Kier alpha value is -0.0400. The molecule has 1 aliphatic heterocycles. The second kappa shape index (κ2) is 3.23. The monoisotopic (exact) mass is 196 g/mol. The molecule has 0 amide bonds. The topological polar surface area (TPSA) is 9.23 Å². The van der Waals surface area contributed by atoms with Gasteiger partial charge in [-0.1, -0.05) is 27.2 Å². The highest BCUT2D eigenvalue weighted by atomic mass is 16.5. The minimum Gasteiger partial charge on any atom is -0.371 e. The molecular weight excluding hydrogens is 172 g/mol. The largest absolute Gasteiger partial charge is 0.371 e. The normalized spacial score (nSPS) is 47.1. The first-order chi connectivity index (χ1) is 6.48. The fourth-order valence-corrected chi connectivity index (χ4v) is 3.72. The smallest absolute Gasteiger partial charge is 0.0763 e. The average molecular weight is 196 g/mol. The molecule has 0 bridgehead atoms. The van der Waals surface area contributed by atoms with Crippen molar-refractivity contribution in [2.45, 2.75) is 71.5 Å². The summed E-state index contributed by atoms with van der Waals surface area (Å²) in [5.41, 5.74) is 0.583. The molecule has 82 valence electrons. The van der Waals surface area contributed by atoms with Gasteiger partial charge in [0.1, 0.15) is 0 Å². The average Bonchev–Trinajstić information content (AvgIpc) is 2.46. The van der Waals surface area contributed by atoms with E-state index in [4.69, 9.17) is 4.74 Å². The van der Waals surface area contributed by atoms with Crippen LogP contribution in [0.5, 0.6) is 0 Å². The molecule has 1 nitrogen and oxygen atoms in total. The van der Waals surface area contributed by atoms with E-state index in [0.29, 0.717) is 11.5 Å². The van der Waals surface area contributed by atoms with Crippen LogP contribution >= 0.6 is 0 Å². The quantitative estimate of drug-likeness (QED) is 0.573. The van der Waals surface area contributed by atoms with Gasteiger partial charge in [0, 0.05) is 0 Å². The van der Waals surface area contributed by atoms with Gasteiger partial charge in [0.15, 0.2) is 0 Å². The van der Waals surface area contributed by atoms with Gasteiger partial charge >= 0.3 is 0 Å². The van der Waals surface area contributed by atoms with Crippen molar-refractivity contribution >= 4 is 0 Å². The lowest BCUT2D eigenvalue weighted by Crippen LogP contribution is -2.52. The first-order valence-corrected chi connectivity index (χ1v) is 6.16. The molecule has 1 saturated heterocycles. The fraction of sp³-hybridized carbons (Fsp3) is 1.00. The Kier molecular flexibility index (Phi) is 2.42. The van der Waals surface area contributed by atoms with Crippen LogP contribution in [-0.2, 0) is 4.74 Å².